The summed E-state index contributed by atoms with van der Waals surface area (Å²) in [5.41, 5.74) is 2.58. The van der Waals surface area contributed by atoms with Gasteiger partial charge in [0.1, 0.15) is 12.2 Å². The highest BCUT2D eigenvalue weighted by atomic mass is 15.3. The van der Waals surface area contributed by atoms with Crippen LogP contribution in [0.2, 0.25) is 0 Å². The Kier molecular flexibility index (Phi) is 4.10. The molecule has 0 bridgehead atoms. The van der Waals surface area contributed by atoms with Gasteiger partial charge in [-0.1, -0.05) is 29.8 Å². The number of nitrogens with zero attached hydrogens (tertiary/aromatic N) is 3. The molecule has 1 aromatic heterocycles. The molecule has 2 aromatic rings. The molecule has 0 saturated heterocycles. The zero-order valence-corrected chi connectivity index (χ0v) is 11.2. The lowest BCUT2D eigenvalue weighted by Gasteiger charge is -2.17. The van der Waals surface area contributed by atoms with Crippen LogP contribution in [0.25, 0.3) is 0 Å². The third-order valence-electron chi connectivity index (χ3n) is 3.17. The Morgan fingerprint density at radius 2 is 2.22 bits per heavy atom. The van der Waals surface area contributed by atoms with Crippen LogP contribution in [0.15, 0.2) is 30.6 Å². The fourth-order valence-corrected chi connectivity index (χ4v) is 2.17. The first kappa shape index (κ1) is 12.8. The molecule has 0 aliphatic heterocycles. The van der Waals surface area contributed by atoms with E-state index in [4.69, 9.17) is 0 Å². The molecule has 0 spiro atoms. The van der Waals surface area contributed by atoms with E-state index in [0.717, 1.165) is 18.8 Å². The van der Waals surface area contributed by atoms with Gasteiger partial charge in [0.2, 0.25) is 0 Å². The minimum atomic E-state index is 0.277. The van der Waals surface area contributed by atoms with Crippen LogP contribution < -0.4 is 5.32 Å². The average Bonchev–Trinajstić information content (AvgIpc) is 2.83. The third-order valence-corrected chi connectivity index (χ3v) is 3.17. The second-order valence-corrected chi connectivity index (χ2v) is 4.45. The van der Waals surface area contributed by atoms with Crippen molar-refractivity contribution in [3.63, 3.8) is 0 Å². The molecule has 1 N–H and O–H groups in total. The maximum Gasteiger partial charge on any atom is 0.138 e. The standard InChI is InChI=1S/C14H20N4/c1-4-18-14(16-10-17-18)9-13(15-3)12-7-5-6-11(2)8-12/h5-8,10,13,15H,4,9H2,1-3H3. The first-order valence-corrected chi connectivity index (χ1v) is 6.35. The van der Waals surface area contributed by atoms with Gasteiger partial charge >= 0.3 is 0 Å². The van der Waals surface area contributed by atoms with E-state index in [1.54, 1.807) is 6.33 Å². The molecule has 18 heavy (non-hydrogen) atoms. The fourth-order valence-electron chi connectivity index (χ4n) is 2.17. The van der Waals surface area contributed by atoms with Crippen molar-refractivity contribution in [1.82, 2.24) is 20.1 Å². The van der Waals surface area contributed by atoms with Gasteiger partial charge in [-0.25, -0.2) is 4.98 Å². The molecule has 1 aromatic carbocycles. The van der Waals surface area contributed by atoms with Crippen molar-refractivity contribution >= 4 is 0 Å². The molecule has 0 aliphatic carbocycles. The second-order valence-electron chi connectivity index (χ2n) is 4.45. The lowest BCUT2D eigenvalue weighted by molar-refractivity contribution is 0.533. The molecule has 96 valence electrons. The number of hydrogen-bond donors (Lipinski definition) is 1. The zero-order valence-electron chi connectivity index (χ0n) is 11.2. The highest BCUT2D eigenvalue weighted by Crippen LogP contribution is 2.18. The topological polar surface area (TPSA) is 42.7 Å². The zero-order chi connectivity index (χ0) is 13.0. The first-order chi connectivity index (χ1) is 8.74. The van der Waals surface area contributed by atoms with Gasteiger partial charge < -0.3 is 5.32 Å². The fraction of sp³-hybridized carbons (Fsp3) is 0.429. The van der Waals surface area contributed by atoms with E-state index in [1.165, 1.54) is 11.1 Å². The lowest BCUT2D eigenvalue weighted by Crippen LogP contribution is -2.21. The van der Waals surface area contributed by atoms with E-state index >= 15 is 0 Å². The molecule has 4 heteroatoms. The Labute approximate surface area is 108 Å². The molecular formula is C14H20N4. The summed E-state index contributed by atoms with van der Waals surface area (Å²) in [5.74, 6) is 1.03. The summed E-state index contributed by atoms with van der Waals surface area (Å²) in [5, 5.41) is 7.57. The van der Waals surface area contributed by atoms with E-state index < -0.39 is 0 Å². The summed E-state index contributed by atoms with van der Waals surface area (Å²) >= 11 is 0. The highest BCUT2D eigenvalue weighted by Gasteiger charge is 2.13. The number of benzene rings is 1. The molecule has 2 rings (SSSR count). The van der Waals surface area contributed by atoms with Crippen molar-refractivity contribution in [1.29, 1.82) is 0 Å². The minimum Gasteiger partial charge on any atom is -0.313 e. The minimum absolute atomic E-state index is 0.277. The lowest BCUT2D eigenvalue weighted by atomic mass is 10.0. The maximum atomic E-state index is 4.33. The molecule has 0 fully saturated rings. The van der Waals surface area contributed by atoms with E-state index in [0.29, 0.717) is 0 Å². The summed E-state index contributed by atoms with van der Waals surface area (Å²) < 4.78 is 1.94. The quantitative estimate of drug-likeness (QED) is 0.876. The predicted molar refractivity (Wildman–Crippen MR) is 72.4 cm³/mol. The Bertz CT molecular complexity index is 504. The first-order valence-electron chi connectivity index (χ1n) is 6.35. The SMILES string of the molecule is CCn1ncnc1CC(NC)c1cccc(C)c1. The van der Waals surface area contributed by atoms with Gasteiger partial charge in [-0.05, 0) is 26.5 Å². The van der Waals surface area contributed by atoms with Crippen LogP contribution in [0.4, 0.5) is 0 Å². The summed E-state index contributed by atoms with van der Waals surface area (Å²) in [6.07, 6.45) is 2.48. The molecular weight excluding hydrogens is 224 g/mol. The van der Waals surface area contributed by atoms with Crippen molar-refractivity contribution in [3.05, 3.63) is 47.5 Å². The summed E-state index contributed by atoms with van der Waals surface area (Å²) in [6.45, 7) is 5.06. The average molecular weight is 244 g/mol. The molecule has 1 atom stereocenters. The third kappa shape index (κ3) is 2.76. The van der Waals surface area contributed by atoms with Crippen LogP contribution in [0.5, 0.6) is 0 Å². The van der Waals surface area contributed by atoms with Gasteiger partial charge in [-0.3, -0.25) is 4.68 Å². The van der Waals surface area contributed by atoms with Crippen LogP contribution in [-0.2, 0) is 13.0 Å². The van der Waals surface area contributed by atoms with Crippen LogP contribution in [0.3, 0.4) is 0 Å². The number of hydrogen-bond acceptors (Lipinski definition) is 3. The number of aryl methyl sites for hydroxylation is 2. The summed E-state index contributed by atoms with van der Waals surface area (Å²) in [7, 11) is 1.99. The van der Waals surface area contributed by atoms with Gasteiger partial charge in [-0.2, -0.15) is 5.10 Å². The van der Waals surface area contributed by atoms with Gasteiger partial charge in [0.15, 0.2) is 0 Å². The molecule has 0 saturated carbocycles. The monoisotopic (exact) mass is 244 g/mol. The summed E-state index contributed by atoms with van der Waals surface area (Å²) in [6, 6.07) is 8.86. The Hall–Kier alpha value is -1.68. The molecule has 0 aliphatic rings. The summed E-state index contributed by atoms with van der Waals surface area (Å²) in [4.78, 5) is 4.33. The maximum absolute atomic E-state index is 4.33. The van der Waals surface area contributed by atoms with Crippen molar-refractivity contribution in [2.45, 2.75) is 32.9 Å². The van der Waals surface area contributed by atoms with E-state index in [1.807, 2.05) is 11.7 Å². The molecule has 1 heterocycles. The van der Waals surface area contributed by atoms with E-state index in [2.05, 4.69) is 53.5 Å². The van der Waals surface area contributed by atoms with E-state index in [-0.39, 0.29) is 6.04 Å². The number of rotatable bonds is 5. The largest absolute Gasteiger partial charge is 0.313 e. The van der Waals surface area contributed by atoms with Crippen LogP contribution >= 0.6 is 0 Å². The Balaban J connectivity index is 2.20. The number of nitrogens with one attached hydrogen (secondary N) is 1. The Morgan fingerprint density at radius 1 is 1.39 bits per heavy atom. The van der Waals surface area contributed by atoms with Crippen LogP contribution in [0, 0.1) is 6.92 Å². The van der Waals surface area contributed by atoms with Crippen molar-refractivity contribution in [2.75, 3.05) is 7.05 Å². The van der Waals surface area contributed by atoms with Gasteiger partial charge in [0.25, 0.3) is 0 Å². The normalized spacial score (nSPS) is 12.6. The molecule has 0 amide bonds. The smallest absolute Gasteiger partial charge is 0.138 e. The number of likely N-dealkylation sites (N-methyl/N-ethyl adjacent to an activating group) is 1. The molecule has 4 nitrogen and oxygen atoms in total. The molecule has 0 radical (unpaired) electrons. The Morgan fingerprint density at radius 3 is 2.89 bits per heavy atom. The van der Waals surface area contributed by atoms with Crippen molar-refractivity contribution < 1.29 is 0 Å². The second kappa shape index (κ2) is 5.78. The van der Waals surface area contributed by atoms with Crippen LogP contribution in [0.1, 0.15) is 29.9 Å². The van der Waals surface area contributed by atoms with Gasteiger partial charge in [-0.15, -0.1) is 0 Å². The highest BCUT2D eigenvalue weighted by molar-refractivity contribution is 5.25. The predicted octanol–water partition coefficient (Wildman–Crippen LogP) is 2.11. The van der Waals surface area contributed by atoms with Crippen molar-refractivity contribution in [2.24, 2.45) is 0 Å². The molecule has 1 unspecified atom stereocenters. The van der Waals surface area contributed by atoms with Crippen molar-refractivity contribution in [3.8, 4) is 0 Å². The number of aromatic nitrogens is 3. The van der Waals surface area contributed by atoms with Gasteiger partial charge in [0.05, 0.1) is 0 Å². The van der Waals surface area contributed by atoms with Gasteiger partial charge in [0, 0.05) is 19.0 Å². The van der Waals surface area contributed by atoms with Crippen LogP contribution in [-0.4, -0.2) is 21.8 Å². The van der Waals surface area contributed by atoms with E-state index in [9.17, 15) is 0 Å².